The summed E-state index contributed by atoms with van der Waals surface area (Å²) in [6.07, 6.45) is 8.06. The van der Waals surface area contributed by atoms with Crippen molar-refractivity contribution in [1.29, 1.82) is 0 Å². The summed E-state index contributed by atoms with van der Waals surface area (Å²) in [5.41, 5.74) is -2.07. The molecule has 10 rings (SSSR count). The Labute approximate surface area is 361 Å². The zero-order chi connectivity index (χ0) is 43.3. The lowest BCUT2D eigenvalue weighted by molar-refractivity contribution is -0.274. The van der Waals surface area contributed by atoms with Gasteiger partial charge in [-0.1, -0.05) is 89.6 Å². The van der Waals surface area contributed by atoms with Gasteiger partial charge in [0.25, 0.3) is 0 Å². The second-order valence-electron chi connectivity index (χ2n) is 20.6. The predicted molar refractivity (Wildman–Crippen MR) is 230 cm³/mol. The SMILES string of the molecule is CC1CCC(C(C)C)C(OC(=O)N(Cc2ccc(OC(F)(F)F)cc2)CC2(O)CCC3C45C=CC6(C=C4C(=O)c4cc7ccccc7s4)CC(O)CCC6(C)C5CCC32C)C1. The van der Waals surface area contributed by atoms with E-state index in [0.29, 0.717) is 54.4 Å². The lowest BCUT2D eigenvalue weighted by Crippen LogP contribution is -2.67. The molecule has 61 heavy (non-hydrogen) atoms. The van der Waals surface area contributed by atoms with Gasteiger partial charge in [-0.3, -0.25) is 4.79 Å². The second kappa shape index (κ2) is 15.0. The van der Waals surface area contributed by atoms with Crippen LogP contribution in [0.5, 0.6) is 5.75 Å². The number of ether oxygens (including phenoxy) is 2. The quantitative estimate of drug-likeness (QED) is 0.164. The summed E-state index contributed by atoms with van der Waals surface area (Å²) in [4.78, 5) is 32.1. The summed E-state index contributed by atoms with van der Waals surface area (Å²) in [5.74, 6) is 0.520. The summed E-state index contributed by atoms with van der Waals surface area (Å²) in [6.45, 7) is 11.0. The lowest BCUT2D eigenvalue weighted by atomic mass is 9.32. The van der Waals surface area contributed by atoms with Crippen LogP contribution in [0, 0.1) is 51.2 Å². The minimum Gasteiger partial charge on any atom is -0.446 e. The van der Waals surface area contributed by atoms with Gasteiger partial charge in [0.15, 0.2) is 5.78 Å². The number of carbonyl (C=O) groups excluding carboxylic acids is 2. The van der Waals surface area contributed by atoms with Gasteiger partial charge in [0.1, 0.15) is 11.9 Å². The van der Waals surface area contributed by atoms with Crippen LogP contribution < -0.4 is 4.74 Å². The summed E-state index contributed by atoms with van der Waals surface area (Å²) in [5, 5.41) is 25.5. The van der Waals surface area contributed by atoms with Crippen LogP contribution in [-0.4, -0.2) is 57.7 Å². The smallest absolute Gasteiger partial charge is 0.446 e. The van der Waals surface area contributed by atoms with Crippen molar-refractivity contribution in [2.75, 3.05) is 6.54 Å². The molecule has 7 aliphatic carbocycles. The fraction of sp³-hybridized carbons (Fsp3) is 0.600. The highest BCUT2D eigenvalue weighted by Gasteiger charge is 2.74. The Morgan fingerprint density at radius 3 is 2.36 bits per heavy atom. The number of fused-ring (bicyclic) bond motifs is 2. The van der Waals surface area contributed by atoms with E-state index in [1.165, 1.54) is 35.6 Å². The molecule has 0 saturated heterocycles. The normalized spacial score (nSPS) is 37.8. The maximum absolute atomic E-state index is 15.2. The van der Waals surface area contributed by atoms with Crippen LogP contribution in [0.1, 0.15) is 114 Å². The van der Waals surface area contributed by atoms with E-state index in [-0.39, 0.29) is 53.9 Å². The van der Waals surface area contributed by atoms with Gasteiger partial charge in [0, 0.05) is 33.1 Å². The summed E-state index contributed by atoms with van der Waals surface area (Å²) in [6, 6.07) is 15.6. The number of aliphatic hydroxyl groups is 2. The molecule has 2 N–H and O–H groups in total. The van der Waals surface area contributed by atoms with Gasteiger partial charge in [-0.25, -0.2) is 4.79 Å². The minimum atomic E-state index is -4.84. The van der Waals surface area contributed by atoms with Crippen LogP contribution in [-0.2, 0) is 11.3 Å². The van der Waals surface area contributed by atoms with Gasteiger partial charge in [0.2, 0.25) is 0 Å². The number of thiophene rings is 1. The van der Waals surface area contributed by atoms with Crippen LogP contribution in [0.3, 0.4) is 0 Å². The van der Waals surface area contributed by atoms with Gasteiger partial charge in [-0.2, -0.15) is 0 Å². The van der Waals surface area contributed by atoms with Crippen molar-refractivity contribution in [3.8, 4) is 5.75 Å². The zero-order valence-electron chi connectivity index (χ0n) is 36.0. The number of nitrogens with zero attached hydrogens (tertiary/aromatic N) is 1. The molecule has 2 spiro atoms. The Hall–Kier alpha value is -3.67. The van der Waals surface area contributed by atoms with Crippen LogP contribution in [0.15, 0.2) is 78.4 Å². The Bertz CT molecular complexity index is 2220. The molecule has 1 amide bonds. The number of aliphatic hydroxyl groups excluding tert-OH is 1. The third-order valence-corrected chi connectivity index (χ3v) is 18.2. The highest BCUT2D eigenvalue weighted by atomic mass is 32.1. The zero-order valence-corrected chi connectivity index (χ0v) is 36.8. The number of amides is 1. The highest BCUT2D eigenvalue weighted by Crippen LogP contribution is 2.78. The molecule has 1 heterocycles. The largest absolute Gasteiger partial charge is 0.573 e. The fourth-order valence-electron chi connectivity index (χ4n) is 13.8. The van der Waals surface area contributed by atoms with Crippen LogP contribution in [0.4, 0.5) is 18.0 Å². The molecule has 3 aromatic rings. The van der Waals surface area contributed by atoms with E-state index in [1.807, 2.05) is 30.3 Å². The first-order valence-electron chi connectivity index (χ1n) is 22.5. The molecule has 4 fully saturated rings. The number of Topliss-reactive ketones (excluding diaryl/α,β-unsaturated/α-hetero) is 1. The molecule has 2 bridgehead atoms. The van der Waals surface area contributed by atoms with Gasteiger partial charge < -0.3 is 24.6 Å². The molecule has 1 aromatic heterocycles. The van der Waals surface area contributed by atoms with Crippen molar-refractivity contribution in [2.45, 2.75) is 130 Å². The average Bonchev–Trinajstić information content (AvgIpc) is 3.75. The summed E-state index contributed by atoms with van der Waals surface area (Å²) >= 11 is 1.51. The molecular formula is C50H60F3NO6S. The number of halogens is 3. The van der Waals surface area contributed by atoms with Gasteiger partial charge in [-0.15, -0.1) is 24.5 Å². The minimum absolute atomic E-state index is 0.0151. The number of carbonyl (C=O) groups is 2. The molecule has 11 atom stereocenters. The lowest BCUT2D eigenvalue weighted by Gasteiger charge is -2.71. The highest BCUT2D eigenvalue weighted by molar-refractivity contribution is 7.21. The van der Waals surface area contributed by atoms with Crippen molar-refractivity contribution in [1.82, 2.24) is 4.90 Å². The fourth-order valence-corrected chi connectivity index (χ4v) is 14.8. The first-order chi connectivity index (χ1) is 28.8. The van der Waals surface area contributed by atoms with Crippen molar-refractivity contribution < 1.29 is 42.4 Å². The average molecular weight is 860 g/mol. The van der Waals surface area contributed by atoms with E-state index in [2.05, 4.69) is 57.6 Å². The van der Waals surface area contributed by atoms with E-state index in [4.69, 9.17) is 4.74 Å². The van der Waals surface area contributed by atoms with E-state index in [9.17, 15) is 28.2 Å². The molecule has 2 aromatic carbocycles. The molecule has 4 saturated carbocycles. The number of hydrogen-bond acceptors (Lipinski definition) is 7. The van der Waals surface area contributed by atoms with Crippen molar-refractivity contribution in [3.05, 3.63) is 88.8 Å². The van der Waals surface area contributed by atoms with Gasteiger partial charge >= 0.3 is 12.5 Å². The number of benzene rings is 2. The third kappa shape index (κ3) is 6.89. The van der Waals surface area contributed by atoms with Crippen LogP contribution in [0.2, 0.25) is 0 Å². The van der Waals surface area contributed by atoms with E-state index in [0.717, 1.165) is 47.8 Å². The topological polar surface area (TPSA) is 96.3 Å². The maximum atomic E-state index is 15.2. The number of allylic oxidation sites excluding steroid dienone is 4. The van der Waals surface area contributed by atoms with Crippen molar-refractivity contribution in [3.63, 3.8) is 0 Å². The van der Waals surface area contributed by atoms with E-state index < -0.39 is 40.4 Å². The molecule has 0 radical (unpaired) electrons. The second-order valence-corrected chi connectivity index (χ2v) is 21.7. The third-order valence-electron chi connectivity index (χ3n) is 17.1. The monoisotopic (exact) mass is 859 g/mol. The Morgan fingerprint density at radius 2 is 1.64 bits per heavy atom. The maximum Gasteiger partial charge on any atom is 0.573 e. The number of hydrogen-bond donors (Lipinski definition) is 2. The first kappa shape index (κ1) is 42.6. The van der Waals surface area contributed by atoms with Crippen LogP contribution >= 0.6 is 11.3 Å². The van der Waals surface area contributed by atoms with Gasteiger partial charge in [-0.05, 0) is 128 Å². The summed E-state index contributed by atoms with van der Waals surface area (Å²) < 4.78 is 50.8. The molecular weight excluding hydrogens is 800 g/mol. The molecule has 7 aliphatic rings. The molecule has 7 nitrogen and oxygen atoms in total. The Balaban J connectivity index is 1.08. The number of ketones is 1. The predicted octanol–water partition coefficient (Wildman–Crippen LogP) is 11.7. The first-order valence-corrected chi connectivity index (χ1v) is 23.3. The Kier molecular flexibility index (Phi) is 10.5. The van der Waals surface area contributed by atoms with E-state index >= 15 is 4.79 Å². The van der Waals surface area contributed by atoms with Crippen LogP contribution in [0.25, 0.3) is 10.1 Å². The number of rotatable bonds is 9. The van der Waals surface area contributed by atoms with Crippen molar-refractivity contribution in [2.24, 2.45) is 51.2 Å². The molecule has 11 heteroatoms. The molecule has 328 valence electrons. The molecule has 0 aliphatic heterocycles. The van der Waals surface area contributed by atoms with E-state index in [1.54, 1.807) is 4.90 Å². The number of alkyl halides is 3. The summed E-state index contributed by atoms with van der Waals surface area (Å²) in [7, 11) is 0. The molecule has 11 unspecified atom stereocenters. The van der Waals surface area contributed by atoms with Gasteiger partial charge in [0.05, 0.1) is 23.1 Å². The van der Waals surface area contributed by atoms with Crippen molar-refractivity contribution >= 4 is 33.3 Å². The standard InChI is InChI=1S/C50H60F3NO6S/c1-30(2)36-15-10-31(3)24-38(36)59-44(57)54(28-32-11-13-35(14-12-32)60-50(51,52)53)29-48(58)21-18-42-46(48,5)20-17-41-45(4)19-16-34(55)26-47(45)22-23-49(41,42)37(27-47)43(56)40-25-33-8-6-7-9-39(33)61-40/h6-9,11-14,22-23,25,27,30-31,34,36,38,41-42,55,58H,10,15-21,24,26,28-29H2,1-5H3. The Morgan fingerprint density at radius 1 is 0.934 bits per heavy atom.